The zero-order chi connectivity index (χ0) is 13.9. The molecule has 2 heteroatoms. The second kappa shape index (κ2) is 6.28. The Morgan fingerprint density at radius 3 is 2.60 bits per heavy atom. The molecule has 2 atom stereocenters. The number of nitrogens with one attached hydrogen (secondary N) is 1. The van der Waals surface area contributed by atoms with Crippen LogP contribution in [0.5, 0.6) is 0 Å². The van der Waals surface area contributed by atoms with Crippen LogP contribution in [-0.2, 0) is 0 Å². The quantitative estimate of drug-likeness (QED) is 0.884. The molecule has 0 amide bonds. The molecular weight excluding hydrogens is 244 g/mol. The molecule has 110 valence electrons. The first-order valence-electron chi connectivity index (χ1n) is 8.21. The van der Waals surface area contributed by atoms with Crippen LogP contribution in [0.2, 0.25) is 0 Å². The number of likely N-dealkylation sites (tertiary alicyclic amines) is 1. The van der Waals surface area contributed by atoms with E-state index in [4.69, 9.17) is 0 Å². The third-order valence-electron chi connectivity index (χ3n) is 4.88. The van der Waals surface area contributed by atoms with Gasteiger partial charge in [-0.25, -0.2) is 0 Å². The number of nitrogens with zero attached hydrogens (tertiary/aromatic N) is 1. The lowest BCUT2D eigenvalue weighted by Gasteiger charge is -2.31. The Kier molecular flexibility index (Phi) is 4.42. The molecule has 0 aromatic heterocycles. The Bertz CT molecular complexity index is 422. The van der Waals surface area contributed by atoms with E-state index in [1.165, 1.54) is 56.4 Å². The third-order valence-corrected chi connectivity index (χ3v) is 4.88. The van der Waals surface area contributed by atoms with E-state index in [0.29, 0.717) is 6.04 Å². The van der Waals surface area contributed by atoms with Crippen LogP contribution in [0.1, 0.15) is 42.9 Å². The van der Waals surface area contributed by atoms with Crippen molar-refractivity contribution in [1.82, 2.24) is 10.2 Å². The number of hydrogen-bond donors (Lipinski definition) is 1. The molecule has 2 fully saturated rings. The minimum Gasteiger partial charge on any atom is -0.309 e. The van der Waals surface area contributed by atoms with Crippen molar-refractivity contribution in [3.8, 4) is 0 Å². The van der Waals surface area contributed by atoms with E-state index in [1.807, 2.05) is 0 Å². The molecular formula is C18H28N2. The van der Waals surface area contributed by atoms with E-state index in [9.17, 15) is 0 Å². The molecule has 1 aliphatic carbocycles. The van der Waals surface area contributed by atoms with Gasteiger partial charge in [0.15, 0.2) is 0 Å². The zero-order valence-electron chi connectivity index (χ0n) is 12.9. The summed E-state index contributed by atoms with van der Waals surface area (Å²) in [5.41, 5.74) is 2.85. The maximum Gasteiger partial charge on any atom is 0.0348 e. The van der Waals surface area contributed by atoms with Gasteiger partial charge >= 0.3 is 0 Å². The monoisotopic (exact) mass is 272 g/mol. The average molecular weight is 272 g/mol. The maximum atomic E-state index is 3.88. The van der Waals surface area contributed by atoms with Crippen LogP contribution in [0, 0.1) is 18.8 Å². The standard InChI is InChI=1S/C18H28N2/c1-14-5-7-16(8-6-14)18(17-9-10-17)19-12-15-4-3-11-20(2)13-15/h5-8,15,17-19H,3-4,9-13H2,1-2H3. The van der Waals surface area contributed by atoms with E-state index in [-0.39, 0.29) is 0 Å². The van der Waals surface area contributed by atoms with Gasteiger partial charge in [0.05, 0.1) is 0 Å². The molecule has 0 radical (unpaired) electrons. The Morgan fingerprint density at radius 2 is 1.95 bits per heavy atom. The van der Waals surface area contributed by atoms with Crippen molar-refractivity contribution in [3.63, 3.8) is 0 Å². The lowest BCUT2D eigenvalue weighted by molar-refractivity contribution is 0.201. The van der Waals surface area contributed by atoms with Crippen molar-refractivity contribution in [2.45, 2.75) is 38.6 Å². The van der Waals surface area contributed by atoms with Crippen LogP contribution in [-0.4, -0.2) is 31.6 Å². The smallest absolute Gasteiger partial charge is 0.0348 e. The van der Waals surface area contributed by atoms with Crippen molar-refractivity contribution >= 4 is 0 Å². The highest BCUT2D eigenvalue weighted by atomic mass is 15.1. The molecule has 2 unspecified atom stereocenters. The maximum absolute atomic E-state index is 3.88. The van der Waals surface area contributed by atoms with E-state index in [1.54, 1.807) is 0 Å². The minimum atomic E-state index is 0.586. The number of benzene rings is 1. The van der Waals surface area contributed by atoms with E-state index in [2.05, 4.69) is 48.5 Å². The largest absolute Gasteiger partial charge is 0.309 e. The Morgan fingerprint density at radius 1 is 1.20 bits per heavy atom. The first kappa shape index (κ1) is 14.1. The fourth-order valence-electron chi connectivity index (χ4n) is 3.49. The van der Waals surface area contributed by atoms with Crippen LogP contribution in [0.4, 0.5) is 0 Å². The van der Waals surface area contributed by atoms with E-state index >= 15 is 0 Å². The summed E-state index contributed by atoms with van der Waals surface area (Å²) in [5.74, 6) is 1.71. The van der Waals surface area contributed by atoms with Crippen molar-refractivity contribution in [1.29, 1.82) is 0 Å². The number of rotatable bonds is 5. The number of hydrogen-bond acceptors (Lipinski definition) is 2. The van der Waals surface area contributed by atoms with Crippen molar-refractivity contribution in [2.24, 2.45) is 11.8 Å². The summed E-state index contributed by atoms with van der Waals surface area (Å²) in [5, 5.41) is 3.88. The summed E-state index contributed by atoms with van der Waals surface area (Å²) < 4.78 is 0. The molecule has 1 N–H and O–H groups in total. The number of piperidine rings is 1. The second-order valence-corrected chi connectivity index (χ2v) is 6.90. The molecule has 20 heavy (non-hydrogen) atoms. The van der Waals surface area contributed by atoms with Gasteiger partial charge in [0.25, 0.3) is 0 Å². The zero-order valence-corrected chi connectivity index (χ0v) is 12.9. The van der Waals surface area contributed by atoms with Crippen molar-refractivity contribution in [3.05, 3.63) is 35.4 Å². The van der Waals surface area contributed by atoms with Gasteiger partial charge in [-0.3, -0.25) is 0 Å². The Hall–Kier alpha value is -0.860. The van der Waals surface area contributed by atoms with Crippen LogP contribution >= 0.6 is 0 Å². The Balaban J connectivity index is 1.59. The topological polar surface area (TPSA) is 15.3 Å². The molecule has 1 aromatic rings. The lowest BCUT2D eigenvalue weighted by Crippen LogP contribution is -2.38. The molecule has 1 aliphatic heterocycles. The van der Waals surface area contributed by atoms with Crippen LogP contribution in [0.25, 0.3) is 0 Å². The molecule has 2 nitrogen and oxygen atoms in total. The molecule has 1 saturated heterocycles. The molecule has 1 heterocycles. The summed E-state index contributed by atoms with van der Waals surface area (Å²) in [4.78, 5) is 2.48. The van der Waals surface area contributed by atoms with E-state index in [0.717, 1.165) is 11.8 Å². The first-order valence-corrected chi connectivity index (χ1v) is 8.21. The van der Waals surface area contributed by atoms with Gasteiger partial charge in [-0.1, -0.05) is 29.8 Å². The second-order valence-electron chi connectivity index (χ2n) is 6.90. The number of aryl methyl sites for hydroxylation is 1. The molecule has 0 spiro atoms. The van der Waals surface area contributed by atoms with Crippen molar-refractivity contribution < 1.29 is 0 Å². The summed E-state index contributed by atoms with van der Waals surface area (Å²) in [6.07, 6.45) is 5.55. The van der Waals surface area contributed by atoms with Gasteiger partial charge in [-0.05, 0) is 70.1 Å². The molecule has 1 aromatic carbocycles. The Labute approximate surface area is 123 Å². The lowest BCUT2D eigenvalue weighted by atomic mass is 9.96. The summed E-state index contributed by atoms with van der Waals surface area (Å²) in [7, 11) is 2.25. The van der Waals surface area contributed by atoms with Crippen LogP contribution in [0.3, 0.4) is 0 Å². The average Bonchev–Trinajstić information content (AvgIpc) is 3.26. The minimum absolute atomic E-state index is 0.586. The first-order chi connectivity index (χ1) is 9.72. The molecule has 2 aliphatic rings. The third kappa shape index (κ3) is 3.62. The van der Waals surface area contributed by atoms with Gasteiger partial charge in [-0.15, -0.1) is 0 Å². The predicted molar refractivity (Wildman–Crippen MR) is 84.9 cm³/mol. The van der Waals surface area contributed by atoms with E-state index < -0.39 is 0 Å². The highest BCUT2D eigenvalue weighted by Crippen LogP contribution is 2.41. The normalized spacial score (nSPS) is 25.6. The highest BCUT2D eigenvalue weighted by Gasteiger charge is 2.32. The fourth-order valence-corrected chi connectivity index (χ4v) is 3.49. The SMILES string of the molecule is Cc1ccc(C(NCC2CCCN(C)C2)C2CC2)cc1. The fraction of sp³-hybridized carbons (Fsp3) is 0.667. The molecule has 0 bridgehead atoms. The molecule has 1 saturated carbocycles. The van der Waals surface area contributed by atoms with Gasteiger partial charge in [0, 0.05) is 12.6 Å². The van der Waals surface area contributed by atoms with Crippen LogP contribution < -0.4 is 5.32 Å². The van der Waals surface area contributed by atoms with Crippen molar-refractivity contribution in [2.75, 3.05) is 26.7 Å². The molecule has 3 rings (SSSR count). The van der Waals surface area contributed by atoms with Gasteiger partial charge in [0.1, 0.15) is 0 Å². The van der Waals surface area contributed by atoms with Gasteiger partial charge < -0.3 is 10.2 Å². The predicted octanol–water partition coefficient (Wildman–Crippen LogP) is 3.38. The summed E-state index contributed by atoms with van der Waals surface area (Å²) in [6, 6.07) is 9.72. The van der Waals surface area contributed by atoms with Gasteiger partial charge in [0.2, 0.25) is 0 Å². The summed E-state index contributed by atoms with van der Waals surface area (Å²) >= 11 is 0. The van der Waals surface area contributed by atoms with Crippen LogP contribution in [0.15, 0.2) is 24.3 Å². The van der Waals surface area contributed by atoms with Gasteiger partial charge in [-0.2, -0.15) is 0 Å². The summed E-state index contributed by atoms with van der Waals surface area (Å²) in [6.45, 7) is 5.89. The highest BCUT2D eigenvalue weighted by molar-refractivity contribution is 5.25.